The van der Waals surface area contributed by atoms with Crippen molar-refractivity contribution in [3.05, 3.63) is 188 Å². The number of para-hydroxylation sites is 1. The van der Waals surface area contributed by atoms with Gasteiger partial charge in [-0.1, -0.05) is 152 Å². The first-order chi connectivity index (χ1) is 23.8. The number of benzene rings is 8. The highest BCUT2D eigenvalue weighted by Gasteiger charge is 2.36. The SMILES string of the molecule is CN1c2cc(-c3ccc4c(-c5ccccc5)c5ccccc5c(-c5ccccc5)c4c3)ccc2N(c2ccccc2)C1c1ccccc1. The molecule has 0 amide bonds. The average Bonchev–Trinajstić information content (AvgIpc) is 3.46. The molecule has 0 fully saturated rings. The summed E-state index contributed by atoms with van der Waals surface area (Å²) in [7, 11) is 2.22. The van der Waals surface area contributed by atoms with Crippen LogP contribution in [0.5, 0.6) is 0 Å². The van der Waals surface area contributed by atoms with Crippen LogP contribution in [0.15, 0.2) is 182 Å². The van der Waals surface area contributed by atoms with Crippen LogP contribution < -0.4 is 9.80 Å². The van der Waals surface area contributed by atoms with E-state index in [4.69, 9.17) is 0 Å². The molecule has 8 aromatic rings. The van der Waals surface area contributed by atoms with Crippen molar-refractivity contribution >= 4 is 38.6 Å². The summed E-state index contributed by atoms with van der Waals surface area (Å²) in [6.45, 7) is 0. The summed E-state index contributed by atoms with van der Waals surface area (Å²) >= 11 is 0. The first kappa shape index (κ1) is 28.1. The molecule has 0 saturated heterocycles. The van der Waals surface area contributed by atoms with Gasteiger partial charge in [0.15, 0.2) is 0 Å². The van der Waals surface area contributed by atoms with E-state index in [9.17, 15) is 0 Å². The van der Waals surface area contributed by atoms with Crippen molar-refractivity contribution in [3.8, 4) is 33.4 Å². The van der Waals surface area contributed by atoms with Crippen molar-refractivity contribution in [2.75, 3.05) is 16.8 Å². The van der Waals surface area contributed by atoms with Gasteiger partial charge in [-0.05, 0) is 90.8 Å². The minimum atomic E-state index is 0.0555. The lowest BCUT2D eigenvalue weighted by atomic mass is 9.85. The summed E-state index contributed by atoms with van der Waals surface area (Å²) in [4.78, 5) is 4.87. The van der Waals surface area contributed by atoms with Crippen molar-refractivity contribution in [1.29, 1.82) is 0 Å². The lowest BCUT2D eigenvalue weighted by Crippen LogP contribution is -2.30. The lowest BCUT2D eigenvalue weighted by molar-refractivity contribution is 0.719. The smallest absolute Gasteiger partial charge is 0.132 e. The molecular formula is C46H34N2. The van der Waals surface area contributed by atoms with E-state index in [2.05, 4.69) is 199 Å². The largest absolute Gasteiger partial charge is 0.348 e. The fourth-order valence-corrected chi connectivity index (χ4v) is 7.68. The molecule has 9 rings (SSSR count). The Morgan fingerprint density at radius 2 is 0.854 bits per heavy atom. The Kier molecular flexibility index (Phi) is 6.80. The van der Waals surface area contributed by atoms with Crippen LogP contribution in [-0.4, -0.2) is 7.05 Å². The first-order valence-electron chi connectivity index (χ1n) is 16.6. The van der Waals surface area contributed by atoms with Gasteiger partial charge < -0.3 is 9.80 Å². The van der Waals surface area contributed by atoms with E-state index in [-0.39, 0.29) is 6.17 Å². The molecule has 2 nitrogen and oxygen atoms in total. The molecule has 2 heteroatoms. The van der Waals surface area contributed by atoms with E-state index >= 15 is 0 Å². The van der Waals surface area contributed by atoms with Crippen molar-refractivity contribution in [2.24, 2.45) is 0 Å². The molecule has 0 radical (unpaired) electrons. The standard InChI is InChI=1S/C46H34N2/c1-47-43-31-36(27-29-42(43)48(37-22-12-5-13-23-37)46(47)34-20-10-4-11-21-34)35-26-28-40-41(30-35)45(33-18-8-3-9-19-33)39-25-15-14-24-38(39)44(40)32-16-6-2-7-17-32/h2-31,46H,1H3. The summed E-state index contributed by atoms with van der Waals surface area (Å²) in [5, 5.41) is 5.07. The second kappa shape index (κ2) is 11.6. The van der Waals surface area contributed by atoms with Gasteiger partial charge in [0.2, 0.25) is 0 Å². The summed E-state index contributed by atoms with van der Waals surface area (Å²) in [6.07, 6.45) is 0.0555. The fraction of sp³-hybridized carbons (Fsp3) is 0.0435. The molecule has 0 aromatic heterocycles. The van der Waals surface area contributed by atoms with Crippen LogP contribution in [0.2, 0.25) is 0 Å². The van der Waals surface area contributed by atoms with Crippen LogP contribution in [0.3, 0.4) is 0 Å². The zero-order valence-corrected chi connectivity index (χ0v) is 26.8. The van der Waals surface area contributed by atoms with Crippen LogP contribution >= 0.6 is 0 Å². The second-order valence-corrected chi connectivity index (χ2v) is 12.6. The Labute approximate surface area is 281 Å². The Balaban J connectivity index is 1.26. The average molecular weight is 615 g/mol. The normalized spacial score (nSPS) is 14.1. The predicted octanol–water partition coefficient (Wildman–Crippen LogP) is 12.3. The van der Waals surface area contributed by atoms with Crippen LogP contribution in [0.1, 0.15) is 11.7 Å². The summed E-state index contributed by atoms with van der Waals surface area (Å²) in [5.41, 5.74) is 12.3. The number of hydrogen-bond donors (Lipinski definition) is 0. The Morgan fingerprint density at radius 3 is 1.48 bits per heavy atom. The maximum atomic E-state index is 2.46. The zero-order chi connectivity index (χ0) is 32.0. The number of rotatable bonds is 5. The van der Waals surface area contributed by atoms with Crippen molar-refractivity contribution in [2.45, 2.75) is 6.17 Å². The number of anilines is 3. The molecule has 0 spiro atoms. The van der Waals surface area contributed by atoms with Crippen LogP contribution in [0.4, 0.5) is 17.1 Å². The molecule has 1 atom stereocenters. The van der Waals surface area contributed by atoms with E-state index in [1.807, 2.05) is 0 Å². The fourth-order valence-electron chi connectivity index (χ4n) is 7.68. The highest BCUT2D eigenvalue weighted by molar-refractivity contribution is 6.22. The van der Waals surface area contributed by atoms with Gasteiger partial charge in [-0.25, -0.2) is 0 Å². The summed E-state index contributed by atoms with van der Waals surface area (Å²) in [5.74, 6) is 0. The van der Waals surface area contributed by atoms with E-state index in [1.54, 1.807) is 0 Å². The molecule has 48 heavy (non-hydrogen) atoms. The van der Waals surface area contributed by atoms with Gasteiger partial charge in [0.05, 0.1) is 11.4 Å². The third-order valence-electron chi connectivity index (χ3n) is 9.84. The maximum absolute atomic E-state index is 2.46. The number of nitrogens with zero attached hydrogens (tertiary/aromatic N) is 2. The van der Waals surface area contributed by atoms with Gasteiger partial charge in [-0.15, -0.1) is 0 Å². The molecule has 1 aliphatic heterocycles. The van der Waals surface area contributed by atoms with Crippen molar-refractivity contribution < 1.29 is 0 Å². The molecule has 0 aliphatic carbocycles. The highest BCUT2D eigenvalue weighted by Crippen LogP contribution is 2.51. The molecule has 1 unspecified atom stereocenters. The zero-order valence-electron chi connectivity index (χ0n) is 26.8. The minimum Gasteiger partial charge on any atom is -0.348 e. The third-order valence-corrected chi connectivity index (χ3v) is 9.84. The van der Waals surface area contributed by atoms with E-state index in [1.165, 1.54) is 77.6 Å². The minimum absolute atomic E-state index is 0.0555. The topological polar surface area (TPSA) is 6.48 Å². The molecule has 228 valence electrons. The molecule has 0 bridgehead atoms. The molecule has 1 heterocycles. The van der Waals surface area contributed by atoms with Gasteiger partial charge in [0.1, 0.15) is 6.17 Å². The van der Waals surface area contributed by atoms with Crippen LogP contribution in [0.25, 0.3) is 54.9 Å². The lowest BCUT2D eigenvalue weighted by Gasteiger charge is -2.31. The van der Waals surface area contributed by atoms with E-state index < -0.39 is 0 Å². The predicted molar refractivity (Wildman–Crippen MR) is 204 cm³/mol. The second-order valence-electron chi connectivity index (χ2n) is 12.6. The van der Waals surface area contributed by atoms with Crippen LogP contribution in [-0.2, 0) is 0 Å². The third kappa shape index (κ3) is 4.57. The monoisotopic (exact) mass is 614 g/mol. The quantitative estimate of drug-likeness (QED) is 0.178. The summed E-state index contributed by atoms with van der Waals surface area (Å²) in [6, 6.07) is 66.1. The van der Waals surface area contributed by atoms with E-state index in [0.717, 1.165) is 0 Å². The van der Waals surface area contributed by atoms with E-state index in [0.29, 0.717) is 0 Å². The van der Waals surface area contributed by atoms with Gasteiger partial charge in [-0.2, -0.15) is 0 Å². The maximum Gasteiger partial charge on any atom is 0.132 e. The van der Waals surface area contributed by atoms with Gasteiger partial charge in [0.25, 0.3) is 0 Å². The summed E-state index contributed by atoms with van der Waals surface area (Å²) < 4.78 is 0. The van der Waals surface area contributed by atoms with Crippen LogP contribution in [0, 0.1) is 0 Å². The number of hydrogen-bond acceptors (Lipinski definition) is 2. The van der Waals surface area contributed by atoms with Crippen molar-refractivity contribution in [1.82, 2.24) is 0 Å². The van der Waals surface area contributed by atoms with Gasteiger partial charge in [-0.3, -0.25) is 0 Å². The molecule has 0 N–H and O–H groups in total. The Hall–Kier alpha value is -6.12. The first-order valence-corrected chi connectivity index (χ1v) is 16.6. The van der Waals surface area contributed by atoms with Crippen molar-refractivity contribution in [3.63, 3.8) is 0 Å². The Bertz CT molecular complexity index is 2400. The van der Waals surface area contributed by atoms with Gasteiger partial charge >= 0.3 is 0 Å². The molecule has 0 saturated carbocycles. The highest BCUT2D eigenvalue weighted by atomic mass is 15.4. The number of fused-ring (bicyclic) bond motifs is 3. The molecule has 8 aromatic carbocycles. The molecular weight excluding hydrogens is 581 g/mol. The molecule has 1 aliphatic rings. The Morgan fingerprint density at radius 1 is 0.375 bits per heavy atom. The van der Waals surface area contributed by atoms with Gasteiger partial charge in [0, 0.05) is 12.7 Å².